The normalized spacial score (nSPS) is 12.3. The van der Waals surface area contributed by atoms with Gasteiger partial charge in [0.1, 0.15) is 6.04 Å². The number of nitrogens with one attached hydrogen (secondary N) is 1. The van der Waals surface area contributed by atoms with Gasteiger partial charge in [-0.15, -0.1) is 11.3 Å². The van der Waals surface area contributed by atoms with Crippen LogP contribution in [-0.2, 0) is 4.79 Å². The lowest BCUT2D eigenvalue weighted by Gasteiger charge is -2.12. The molecule has 0 spiro atoms. The molecule has 0 aromatic carbocycles. The number of carbonyl (C=O) groups is 1. The van der Waals surface area contributed by atoms with E-state index in [0.717, 1.165) is 0 Å². The van der Waals surface area contributed by atoms with E-state index in [9.17, 15) is 4.79 Å². The minimum absolute atomic E-state index is 0.0545. The van der Waals surface area contributed by atoms with E-state index in [1.165, 1.54) is 11.3 Å². The molecule has 0 fully saturated rings. The van der Waals surface area contributed by atoms with Crippen molar-refractivity contribution in [3.05, 3.63) is 36.1 Å². The van der Waals surface area contributed by atoms with Gasteiger partial charge in [0.2, 0.25) is 5.91 Å². The zero-order valence-corrected chi connectivity index (χ0v) is 9.07. The summed E-state index contributed by atoms with van der Waals surface area (Å²) in [5.74, 6) is -0.0545. The lowest BCUT2D eigenvalue weighted by Crippen LogP contribution is -2.22. The van der Waals surface area contributed by atoms with Crippen molar-refractivity contribution in [2.75, 3.05) is 5.32 Å². The second-order valence-electron chi connectivity index (χ2n) is 3.13. The van der Waals surface area contributed by atoms with E-state index in [-0.39, 0.29) is 11.9 Å². The Morgan fingerprint density at radius 2 is 2.27 bits per heavy atom. The van der Waals surface area contributed by atoms with Crippen molar-refractivity contribution in [2.24, 2.45) is 0 Å². The van der Waals surface area contributed by atoms with Crippen molar-refractivity contribution in [3.8, 4) is 0 Å². The molecular formula is C10H11N3OS. The molecule has 5 heteroatoms. The van der Waals surface area contributed by atoms with Crippen molar-refractivity contribution in [1.29, 1.82) is 0 Å². The van der Waals surface area contributed by atoms with Crippen LogP contribution in [0.15, 0.2) is 36.1 Å². The lowest BCUT2D eigenvalue weighted by atomic mass is 10.3. The highest BCUT2D eigenvalue weighted by atomic mass is 32.1. The SMILES string of the molecule is C[C@H](C(=O)Nc1nccs1)n1cccc1. The Kier molecular flexibility index (Phi) is 2.82. The first-order valence-electron chi connectivity index (χ1n) is 4.60. The monoisotopic (exact) mass is 221 g/mol. The number of aromatic nitrogens is 2. The van der Waals surface area contributed by atoms with Crippen LogP contribution in [0.4, 0.5) is 5.13 Å². The van der Waals surface area contributed by atoms with E-state index in [1.807, 2.05) is 41.4 Å². The molecule has 0 aliphatic carbocycles. The third-order valence-corrected chi connectivity index (χ3v) is 2.81. The zero-order chi connectivity index (χ0) is 10.7. The number of rotatable bonds is 3. The maximum Gasteiger partial charge on any atom is 0.248 e. The lowest BCUT2D eigenvalue weighted by molar-refractivity contribution is -0.118. The van der Waals surface area contributed by atoms with E-state index >= 15 is 0 Å². The maximum absolute atomic E-state index is 11.7. The standard InChI is InChI=1S/C10H11N3OS/c1-8(13-5-2-3-6-13)9(14)12-10-11-4-7-15-10/h2-8H,1H3,(H,11,12,14)/t8-/m1/s1. The average molecular weight is 221 g/mol. The Morgan fingerprint density at radius 3 is 2.87 bits per heavy atom. The number of amides is 1. The first-order valence-corrected chi connectivity index (χ1v) is 5.48. The van der Waals surface area contributed by atoms with Crippen LogP contribution < -0.4 is 5.32 Å². The number of anilines is 1. The zero-order valence-electron chi connectivity index (χ0n) is 8.25. The molecule has 0 aliphatic heterocycles. The molecule has 2 rings (SSSR count). The van der Waals surface area contributed by atoms with Gasteiger partial charge >= 0.3 is 0 Å². The van der Waals surface area contributed by atoms with Gasteiger partial charge in [-0.05, 0) is 19.1 Å². The highest BCUT2D eigenvalue weighted by molar-refractivity contribution is 7.13. The molecule has 2 aromatic rings. The Balaban J connectivity index is 2.03. The molecule has 0 radical (unpaired) electrons. The molecule has 2 aromatic heterocycles. The summed E-state index contributed by atoms with van der Waals surface area (Å²) in [7, 11) is 0. The smallest absolute Gasteiger partial charge is 0.248 e. The van der Waals surface area contributed by atoms with Crippen LogP contribution in [0.2, 0.25) is 0 Å². The van der Waals surface area contributed by atoms with Gasteiger partial charge in [-0.2, -0.15) is 0 Å². The van der Waals surface area contributed by atoms with Crippen LogP contribution >= 0.6 is 11.3 Å². The largest absolute Gasteiger partial charge is 0.342 e. The molecule has 4 nitrogen and oxygen atoms in total. The highest BCUT2D eigenvalue weighted by Gasteiger charge is 2.14. The summed E-state index contributed by atoms with van der Waals surface area (Å²) in [5.41, 5.74) is 0. The average Bonchev–Trinajstić information content (AvgIpc) is 2.88. The molecular weight excluding hydrogens is 210 g/mol. The molecule has 0 saturated heterocycles. The van der Waals surface area contributed by atoms with Crippen molar-refractivity contribution >= 4 is 22.4 Å². The van der Waals surface area contributed by atoms with E-state index < -0.39 is 0 Å². The predicted molar refractivity (Wildman–Crippen MR) is 59.9 cm³/mol. The Labute approximate surface area is 91.6 Å². The molecule has 0 unspecified atom stereocenters. The van der Waals surface area contributed by atoms with Crippen molar-refractivity contribution < 1.29 is 4.79 Å². The maximum atomic E-state index is 11.7. The topological polar surface area (TPSA) is 46.9 Å². The molecule has 78 valence electrons. The van der Waals surface area contributed by atoms with Crippen molar-refractivity contribution in [2.45, 2.75) is 13.0 Å². The van der Waals surface area contributed by atoms with Gasteiger partial charge in [-0.1, -0.05) is 0 Å². The third kappa shape index (κ3) is 2.24. The molecule has 0 bridgehead atoms. The first kappa shape index (κ1) is 9.92. The number of thiazole rings is 1. The fraction of sp³-hybridized carbons (Fsp3) is 0.200. The van der Waals surface area contributed by atoms with E-state index in [0.29, 0.717) is 5.13 Å². The van der Waals surface area contributed by atoms with E-state index in [2.05, 4.69) is 10.3 Å². The van der Waals surface area contributed by atoms with Gasteiger partial charge in [0.05, 0.1) is 0 Å². The van der Waals surface area contributed by atoms with Crippen LogP contribution in [-0.4, -0.2) is 15.5 Å². The minimum Gasteiger partial charge on any atom is -0.342 e. The molecule has 15 heavy (non-hydrogen) atoms. The van der Waals surface area contributed by atoms with Crippen LogP contribution in [0.5, 0.6) is 0 Å². The highest BCUT2D eigenvalue weighted by Crippen LogP contribution is 2.14. The van der Waals surface area contributed by atoms with Gasteiger partial charge in [0, 0.05) is 24.0 Å². The molecule has 1 amide bonds. The molecule has 2 heterocycles. The van der Waals surface area contributed by atoms with Crippen LogP contribution in [0.1, 0.15) is 13.0 Å². The Morgan fingerprint density at radius 1 is 1.53 bits per heavy atom. The Bertz CT molecular complexity index is 421. The number of hydrogen-bond acceptors (Lipinski definition) is 3. The quantitative estimate of drug-likeness (QED) is 0.863. The second-order valence-corrected chi connectivity index (χ2v) is 4.03. The van der Waals surface area contributed by atoms with Gasteiger partial charge in [0.25, 0.3) is 0 Å². The predicted octanol–water partition coefficient (Wildman–Crippen LogP) is 2.14. The fourth-order valence-electron chi connectivity index (χ4n) is 1.24. The summed E-state index contributed by atoms with van der Waals surface area (Å²) in [5, 5.41) is 5.22. The molecule has 0 aliphatic rings. The van der Waals surface area contributed by atoms with Gasteiger partial charge in [-0.3, -0.25) is 4.79 Å². The van der Waals surface area contributed by atoms with E-state index in [4.69, 9.17) is 0 Å². The van der Waals surface area contributed by atoms with Crippen LogP contribution in [0.3, 0.4) is 0 Å². The van der Waals surface area contributed by atoms with Crippen molar-refractivity contribution in [1.82, 2.24) is 9.55 Å². The fourth-order valence-corrected chi connectivity index (χ4v) is 1.77. The van der Waals surface area contributed by atoms with E-state index in [1.54, 1.807) is 6.20 Å². The number of hydrogen-bond donors (Lipinski definition) is 1. The minimum atomic E-state index is -0.219. The summed E-state index contributed by atoms with van der Waals surface area (Å²) in [4.78, 5) is 15.7. The van der Waals surface area contributed by atoms with Gasteiger partial charge < -0.3 is 9.88 Å². The summed E-state index contributed by atoms with van der Waals surface area (Å²) < 4.78 is 1.85. The van der Waals surface area contributed by atoms with Crippen LogP contribution in [0.25, 0.3) is 0 Å². The first-order chi connectivity index (χ1) is 7.27. The number of nitrogens with zero attached hydrogens (tertiary/aromatic N) is 2. The van der Waals surface area contributed by atoms with Gasteiger partial charge in [0.15, 0.2) is 5.13 Å². The third-order valence-electron chi connectivity index (χ3n) is 2.12. The summed E-state index contributed by atoms with van der Waals surface area (Å²) in [6.45, 7) is 1.85. The second kappa shape index (κ2) is 4.27. The summed E-state index contributed by atoms with van der Waals surface area (Å²) in [6.07, 6.45) is 5.40. The summed E-state index contributed by atoms with van der Waals surface area (Å²) >= 11 is 1.41. The Hall–Kier alpha value is -1.62. The van der Waals surface area contributed by atoms with Gasteiger partial charge in [-0.25, -0.2) is 4.98 Å². The molecule has 0 saturated carbocycles. The van der Waals surface area contributed by atoms with Crippen molar-refractivity contribution in [3.63, 3.8) is 0 Å². The molecule has 1 N–H and O–H groups in total. The number of carbonyl (C=O) groups excluding carboxylic acids is 1. The van der Waals surface area contributed by atoms with Crippen LogP contribution in [0, 0.1) is 0 Å². The summed E-state index contributed by atoms with van der Waals surface area (Å²) in [6, 6.07) is 3.57. The molecule has 1 atom stereocenters.